The summed E-state index contributed by atoms with van der Waals surface area (Å²) in [5.74, 6) is -0.607. The van der Waals surface area contributed by atoms with Crippen molar-refractivity contribution in [1.29, 1.82) is 0 Å². The topological polar surface area (TPSA) is 96.0 Å². The lowest BCUT2D eigenvalue weighted by Crippen LogP contribution is -2.51. The van der Waals surface area contributed by atoms with E-state index in [1.54, 1.807) is 80.6 Å². The molecule has 0 aliphatic heterocycles. The molecule has 0 aromatic heterocycles. The molecule has 0 unspecified atom stereocenters. The highest BCUT2D eigenvalue weighted by Crippen LogP contribution is 2.33. The number of rotatable bonds is 12. The van der Waals surface area contributed by atoms with Gasteiger partial charge in [-0.1, -0.05) is 67.1 Å². The van der Waals surface area contributed by atoms with Crippen molar-refractivity contribution in [2.75, 3.05) is 24.5 Å². The molecule has 0 heterocycles. The molecule has 0 saturated carbocycles. The second-order valence-corrected chi connectivity index (χ2v) is 10.6. The van der Waals surface area contributed by atoms with Gasteiger partial charge < -0.3 is 15.0 Å². The molecule has 8 nitrogen and oxygen atoms in total. The fraction of sp³-hybridized carbons (Fsp3) is 0.286. The number of hydrogen-bond acceptors (Lipinski definition) is 5. The van der Waals surface area contributed by atoms with Gasteiger partial charge in [-0.3, -0.25) is 13.9 Å². The Kier molecular flexibility index (Phi) is 10.2. The van der Waals surface area contributed by atoms with Crippen LogP contribution in [-0.2, 0) is 26.2 Å². The number of benzene rings is 3. The molecule has 0 radical (unpaired) electrons. The minimum atomic E-state index is -4.18. The SMILES string of the molecule is CCOc1ccccc1N(CC(=O)N(Cc1ccccc1Cl)[C@H](CC)C(=O)NC)S(=O)(=O)c1ccccc1. The van der Waals surface area contributed by atoms with E-state index in [0.29, 0.717) is 29.4 Å². The lowest BCUT2D eigenvalue weighted by molar-refractivity contribution is -0.140. The molecule has 0 bridgehead atoms. The van der Waals surface area contributed by atoms with E-state index in [1.807, 2.05) is 0 Å². The minimum absolute atomic E-state index is 0.0232. The lowest BCUT2D eigenvalue weighted by Gasteiger charge is -2.33. The van der Waals surface area contributed by atoms with Gasteiger partial charge in [0.25, 0.3) is 10.0 Å². The number of anilines is 1. The Labute approximate surface area is 229 Å². The summed E-state index contributed by atoms with van der Waals surface area (Å²) in [6.45, 7) is 3.35. The van der Waals surface area contributed by atoms with Crippen molar-refractivity contribution in [3.8, 4) is 5.75 Å². The highest BCUT2D eigenvalue weighted by molar-refractivity contribution is 7.92. The molecule has 3 aromatic carbocycles. The van der Waals surface area contributed by atoms with Gasteiger partial charge in [0.05, 0.1) is 17.2 Å². The molecule has 3 rings (SSSR count). The molecule has 0 aliphatic carbocycles. The first-order valence-corrected chi connectivity index (χ1v) is 14.1. The number of amides is 2. The van der Waals surface area contributed by atoms with Crippen LogP contribution in [-0.4, -0.2) is 51.4 Å². The van der Waals surface area contributed by atoms with Crippen molar-refractivity contribution in [1.82, 2.24) is 10.2 Å². The maximum atomic E-state index is 14.0. The molecule has 0 fully saturated rings. The molecule has 202 valence electrons. The van der Waals surface area contributed by atoms with Crippen molar-refractivity contribution in [2.45, 2.75) is 37.8 Å². The van der Waals surface area contributed by atoms with Gasteiger partial charge in [-0.05, 0) is 49.2 Å². The van der Waals surface area contributed by atoms with Crippen LogP contribution in [0.25, 0.3) is 0 Å². The molecule has 3 aromatic rings. The third-order valence-corrected chi connectivity index (χ3v) is 8.12. The molecule has 10 heteroatoms. The molecule has 0 spiro atoms. The number of carbonyl (C=O) groups excluding carboxylic acids is 2. The summed E-state index contributed by atoms with van der Waals surface area (Å²) in [6, 6.07) is 20.7. The van der Waals surface area contributed by atoms with Gasteiger partial charge in [0.2, 0.25) is 11.8 Å². The quantitative estimate of drug-likeness (QED) is 0.354. The summed E-state index contributed by atoms with van der Waals surface area (Å²) in [5.41, 5.74) is 0.856. The zero-order valence-electron chi connectivity index (χ0n) is 21.6. The molecular weight excluding hydrogens is 526 g/mol. The van der Waals surface area contributed by atoms with Crippen molar-refractivity contribution in [2.24, 2.45) is 0 Å². The van der Waals surface area contributed by atoms with E-state index in [1.165, 1.54) is 24.1 Å². The van der Waals surface area contributed by atoms with E-state index in [2.05, 4.69) is 5.32 Å². The number of nitrogens with one attached hydrogen (secondary N) is 1. The van der Waals surface area contributed by atoms with E-state index < -0.39 is 28.5 Å². The largest absolute Gasteiger partial charge is 0.492 e. The summed E-state index contributed by atoms with van der Waals surface area (Å²) in [4.78, 5) is 28.1. The third kappa shape index (κ3) is 6.65. The van der Waals surface area contributed by atoms with E-state index in [-0.39, 0.29) is 23.0 Å². The van der Waals surface area contributed by atoms with Crippen molar-refractivity contribution >= 4 is 39.1 Å². The number of halogens is 1. The average Bonchev–Trinajstić information content (AvgIpc) is 2.93. The van der Waals surface area contributed by atoms with Crippen molar-refractivity contribution in [3.63, 3.8) is 0 Å². The van der Waals surface area contributed by atoms with Gasteiger partial charge >= 0.3 is 0 Å². The Bertz CT molecular complexity index is 1350. The van der Waals surface area contributed by atoms with Gasteiger partial charge in [-0.25, -0.2) is 8.42 Å². The molecule has 38 heavy (non-hydrogen) atoms. The minimum Gasteiger partial charge on any atom is -0.492 e. The fourth-order valence-corrected chi connectivity index (χ4v) is 5.71. The highest BCUT2D eigenvalue weighted by atomic mass is 35.5. The summed E-state index contributed by atoms with van der Waals surface area (Å²) < 4.78 is 34.5. The van der Waals surface area contributed by atoms with Gasteiger partial charge in [-0.2, -0.15) is 0 Å². The van der Waals surface area contributed by atoms with Crippen LogP contribution >= 0.6 is 11.6 Å². The maximum Gasteiger partial charge on any atom is 0.264 e. The number of para-hydroxylation sites is 2. The summed E-state index contributed by atoms with van der Waals surface area (Å²) in [5, 5.41) is 3.04. The van der Waals surface area contributed by atoms with Crippen LogP contribution in [0.1, 0.15) is 25.8 Å². The second kappa shape index (κ2) is 13.3. The lowest BCUT2D eigenvalue weighted by atomic mass is 10.1. The van der Waals surface area contributed by atoms with E-state index in [0.717, 1.165) is 4.31 Å². The molecule has 1 atom stereocenters. The van der Waals surface area contributed by atoms with E-state index in [9.17, 15) is 18.0 Å². The van der Waals surface area contributed by atoms with Gasteiger partial charge in [0.15, 0.2) is 0 Å². The standard InChI is InChI=1S/C28H32ClN3O5S/c1-4-24(28(34)30-3)31(19-21-13-9-10-16-23(21)29)27(33)20-32(25-17-11-12-18-26(25)37-5-2)38(35,36)22-14-7-6-8-15-22/h6-18,24H,4-5,19-20H2,1-3H3,(H,30,34)/t24-/m1/s1. The predicted molar refractivity (Wildman–Crippen MR) is 149 cm³/mol. The molecule has 0 aliphatic rings. The van der Waals surface area contributed by atoms with Crippen LogP contribution in [0.3, 0.4) is 0 Å². The normalized spacial score (nSPS) is 11.9. The van der Waals surface area contributed by atoms with Gasteiger partial charge in [0.1, 0.15) is 18.3 Å². The second-order valence-electron chi connectivity index (χ2n) is 8.38. The fourth-order valence-electron chi connectivity index (χ4n) is 4.07. The number of hydrogen-bond donors (Lipinski definition) is 1. The van der Waals surface area contributed by atoms with Crippen LogP contribution in [0, 0.1) is 0 Å². The Morgan fingerprint density at radius 1 is 0.947 bits per heavy atom. The Hall–Kier alpha value is -3.56. The summed E-state index contributed by atoms with van der Waals surface area (Å²) in [6.07, 6.45) is 0.316. The van der Waals surface area contributed by atoms with Crippen molar-refractivity contribution in [3.05, 3.63) is 89.4 Å². The molecular formula is C28H32ClN3O5S. The van der Waals surface area contributed by atoms with Gasteiger partial charge in [-0.15, -0.1) is 0 Å². The Morgan fingerprint density at radius 2 is 1.58 bits per heavy atom. The van der Waals surface area contributed by atoms with Crippen LogP contribution in [0.2, 0.25) is 5.02 Å². The van der Waals surface area contributed by atoms with Crippen molar-refractivity contribution < 1.29 is 22.7 Å². The van der Waals surface area contributed by atoms with Crippen LogP contribution in [0.15, 0.2) is 83.8 Å². The zero-order valence-corrected chi connectivity index (χ0v) is 23.2. The van der Waals surface area contributed by atoms with Gasteiger partial charge in [0, 0.05) is 18.6 Å². The Morgan fingerprint density at radius 3 is 2.21 bits per heavy atom. The third-order valence-electron chi connectivity index (χ3n) is 5.97. The number of carbonyl (C=O) groups is 2. The first-order valence-electron chi connectivity index (χ1n) is 12.3. The Balaban J connectivity index is 2.11. The number of nitrogens with zero attached hydrogens (tertiary/aromatic N) is 2. The predicted octanol–water partition coefficient (Wildman–Crippen LogP) is 4.49. The monoisotopic (exact) mass is 557 g/mol. The van der Waals surface area contributed by atoms with E-state index >= 15 is 0 Å². The average molecular weight is 558 g/mol. The summed E-state index contributed by atoms with van der Waals surface area (Å²) in [7, 11) is -2.69. The number of likely N-dealkylation sites (N-methyl/N-ethyl adjacent to an activating group) is 1. The molecule has 1 N–H and O–H groups in total. The number of sulfonamides is 1. The number of ether oxygens (including phenoxy) is 1. The maximum absolute atomic E-state index is 14.0. The molecule has 2 amide bonds. The first-order chi connectivity index (χ1) is 18.2. The van der Waals surface area contributed by atoms with Crippen LogP contribution in [0.4, 0.5) is 5.69 Å². The zero-order chi connectivity index (χ0) is 27.7. The highest BCUT2D eigenvalue weighted by Gasteiger charge is 2.34. The first kappa shape index (κ1) is 29.0. The molecule has 0 saturated heterocycles. The van der Waals surface area contributed by atoms with Crippen LogP contribution in [0.5, 0.6) is 5.75 Å². The summed E-state index contributed by atoms with van der Waals surface area (Å²) >= 11 is 6.38. The van der Waals surface area contributed by atoms with E-state index in [4.69, 9.17) is 16.3 Å². The smallest absolute Gasteiger partial charge is 0.264 e. The van der Waals surface area contributed by atoms with Crippen LogP contribution < -0.4 is 14.4 Å².